The second kappa shape index (κ2) is 5.39. The van der Waals surface area contributed by atoms with Crippen LogP contribution in [0.25, 0.3) is 11.5 Å². The van der Waals surface area contributed by atoms with Crippen molar-refractivity contribution in [3.8, 4) is 11.5 Å². The normalized spacial score (nSPS) is 11.0. The molecule has 0 aliphatic rings. The van der Waals surface area contributed by atoms with Gasteiger partial charge >= 0.3 is 0 Å². The Morgan fingerprint density at radius 3 is 2.39 bits per heavy atom. The summed E-state index contributed by atoms with van der Waals surface area (Å²) in [6.45, 7) is 4.05. The summed E-state index contributed by atoms with van der Waals surface area (Å²) in [5.74, 6) is 0.656. The van der Waals surface area contributed by atoms with Gasteiger partial charge in [-0.25, -0.2) is 15.0 Å². The van der Waals surface area contributed by atoms with Gasteiger partial charge in [0.2, 0.25) is 0 Å². The number of pyridine rings is 1. The summed E-state index contributed by atoms with van der Waals surface area (Å²) in [4.78, 5) is 12.7. The van der Waals surface area contributed by atoms with Crippen molar-refractivity contribution in [3.05, 3.63) is 39.2 Å². The molecule has 2 rings (SSSR count). The molecule has 0 saturated heterocycles. The van der Waals surface area contributed by atoms with E-state index >= 15 is 0 Å². The lowest BCUT2D eigenvalue weighted by atomic mass is 10.1. The van der Waals surface area contributed by atoms with Crippen LogP contribution in [0.2, 0.25) is 15.2 Å². The topological polar surface area (TPSA) is 38.7 Å². The van der Waals surface area contributed by atoms with Crippen LogP contribution in [0, 0.1) is 0 Å². The summed E-state index contributed by atoms with van der Waals surface area (Å²) in [5.41, 5.74) is 1.32. The van der Waals surface area contributed by atoms with Gasteiger partial charge in [0, 0.05) is 11.9 Å². The smallest absolute Gasteiger partial charge is 0.181 e. The monoisotopic (exact) mass is 301 g/mol. The average Bonchev–Trinajstić information content (AvgIpc) is 2.27. The Kier molecular flexibility index (Phi) is 4.05. The van der Waals surface area contributed by atoms with Crippen molar-refractivity contribution < 1.29 is 0 Å². The number of hydrogen-bond donors (Lipinski definition) is 0. The maximum absolute atomic E-state index is 6.08. The van der Waals surface area contributed by atoms with E-state index in [1.807, 2.05) is 13.8 Å². The Morgan fingerprint density at radius 1 is 1.06 bits per heavy atom. The minimum atomic E-state index is 0.246. The molecule has 0 unspecified atom stereocenters. The van der Waals surface area contributed by atoms with E-state index in [-0.39, 0.29) is 5.92 Å². The second-order valence-corrected chi connectivity index (χ2v) is 5.31. The van der Waals surface area contributed by atoms with Crippen molar-refractivity contribution >= 4 is 34.8 Å². The third-order valence-corrected chi connectivity index (χ3v) is 3.01. The minimum Gasteiger partial charge on any atom is -0.250 e. The fourth-order valence-electron chi connectivity index (χ4n) is 1.42. The molecule has 2 aromatic heterocycles. The number of halogens is 3. The highest BCUT2D eigenvalue weighted by Gasteiger charge is 2.13. The highest BCUT2D eigenvalue weighted by Crippen LogP contribution is 2.27. The molecule has 94 valence electrons. The largest absolute Gasteiger partial charge is 0.250 e. The van der Waals surface area contributed by atoms with Crippen LogP contribution >= 0.6 is 34.8 Å². The lowest BCUT2D eigenvalue weighted by Gasteiger charge is -2.08. The van der Waals surface area contributed by atoms with E-state index in [0.29, 0.717) is 26.7 Å². The van der Waals surface area contributed by atoms with E-state index < -0.39 is 0 Å². The standard InChI is InChI=1S/C12H10Cl3N3/c1-6(2)9-4-10(15)18-12(17-9)11-8(14)3-7(13)5-16-11/h3-6H,1-2H3. The first-order valence-electron chi connectivity index (χ1n) is 5.33. The first kappa shape index (κ1) is 13.5. The van der Waals surface area contributed by atoms with Gasteiger partial charge in [-0.2, -0.15) is 0 Å². The Hall–Kier alpha value is -0.900. The molecule has 0 fully saturated rings. The number of hydrogen-bond acceptors (Lipinski definition) is 3. The summed E-state index contributed by atoms with van der Waals surface area (Å²) in [6, 6.07) is 3.34. The zero-order valence-electron chi connectivity index (χ0n) is 9.78. The van der Waals surface area contributed by atoms with Crippen molar-refractivity contribution in [2.24, 2.45) is 0 Å². The SMILES string of the molecule is CC(C)c1cc(Cl)nc(-c2ncc(Cl)cc2Cl)n1. The van der Waals surface area contributed by atoms with Gasteiger partial charge in [0.1, 0.15) is 10.8 Å². The molecule has 18 heavy (non-hydrogen) atoms. The molecule has 0 saturated carbocycles. The zero-order chi connectivity index (χ0) is 13.3. The molecule has 0 atom stereocenters. The van der Waals surface area contributed by atoms with Crippen molar-refractivity contribution in [3.63, 3.8) is 0 Å². The molecular weight excluding hydrogens is 293 g/mol. The van der Waals surface area contributed by atoms with E-state index in [4.69, 9.17) is 34.8 Å². The fraction of sp³-hybridized carbons (Fsp3) is 0.250. The molecule has 0 aliphatic carbocycles. The van der Waals surface area contributed by atoms with Crippen LogP contribution in [0.15, 0.2) is 18.3 Å². The lowest BCUT2D eigenvalue weighted by molar-refractivity contribution is 0.816. The molecule has 0 radical (unpaired) electrons. The predicted molar refractivity (Wildman–Crippen MR) is 74.4 cm³/mol. The van der Waals surface area contributed by atoms with E-state index in [0.717, 1.165) is 5.69 Å². The van der Waals surface area contributed by atoms with Gasteiger partial charge < -0.3 is 0 Å². The van der Waals surface area contributed by atoms with Gasteiger partial charge in [-0.3, -0.25) is 0 Å². The van der Waals surface area contributed by atoms with Crippen LogP contribution in [-0.4, -0.2) is 15.0 Å². The van der Waals surface area contributed by atoms with Crippen molar-refractivity contribution in [2.75, 3.05) is 0 Å². The molecule has 0 N–H and O–H groups in total. The van der Waals surface area contributed by atoms with Crippen LogP contribution in [0.4, 0.5) is 0 Å². The van der Waals surface area contributed by atoms with Crippen molar-refractivity contribution in [1.82, 2.24) is 15.0 Å². The van der Waals surface area contributed by atoms with Crippen LogP contribution in [0.3, 0.4) is 0 Å². The van der Waals surface area contributed by atoms with E-state index in [9.17, 15) is 0 Å². The third-order valence-electron chi connectivity index (χ3n) is 2.33. The summed E-state index contributed by atoms with van der Waals surface area (Å²) >= 11 is 17.9. The summed E-state index contributed by atoms with van der Waals surface area (Å²) in [5, 5.41) is 1.24. The highest BCUT2D eigenvalue weighted by molar-refractivity contribution is 6.36. The zero-order valence-corrected chi connectivity index (χ0v) is 12.1. The van der Waals surface area contributed by atoms with Gasteiger partial charge in [0.25, 0.3) is 0 Å². The van der Waals surface area contributed by atoms with Gasteiger partial charge in [0.15, 0.2) is 5.82 Å². The van der Waals surface area contributed by atoms with Crippen LogP contribution in [0.1, 0.15) is 25.5 Å². The number of aromatic nitrogens is 3. The Bertz CT molecular complexity index is 585. The Morgan fingerprint density at radius 2 is 1.78 bits per heavy atom. The van der Waals surface area contributed by atoms with Crippen LogP contribution in [-0.2, 0) is 0 Å². The molecule has 3 nitrogen and oxygen atoms in total. The van der Waals surface area contributed by atoms with Gasteiger partial charge in [0.05, 0.1) is 10.0 Å². The highest BCUT2D eigenvalue weighted by atomic mass is 35.5. The number of nitrogens with zero attached hydrogens (tertiary/aromatic N) is 3. The van der Waals surface area contributed by atoms with Crippen molar-refractivity contribution in [2.45, 2.75) is 19.8 Å². The molecular formula is C12H10Cl3N3. The van der Waals surface area contributed by atoms with Gasteiger partial charge in [-0.1, -0.05) is 48.7 Å². The van der Waals surface area contributed by atoms with E-state index in [1.165, 1.54) is 6.20 Å². The maximum Gasteiger partial charge on any atom is 0.181 e. The van der Waals surface area contributed by atoms with Crippen LogP contribution in [0.5, 0.6) is 0 Å². The Labute approximate surface area is 120 Å². The Balaban J connectivity index is 2.56. The molecule has 0 aliphatic heterocycles. The third kappa shape index (κ3) is 2.91. The van der Waals surface area contributed by atoms with E-state index in [1.54, 1.807) is 12.1 Å². The molecule has 0 aromatic carbocycles. The maximum atomic E-state index is 6.08. The molecule has 0 amide bonds. The first-order chi connectivity index (χ1) is 8.47. The summed E-state index contributed by atoms with van der Waals surface area (Å²) < 4.78 is 0. The first-order valence-corrected chi connectivity index (χ1v) is 6.46. The molecule has 2 heterocycles. The molecule has 6 heteroatoms. The van der Waals surface area contributed by atoms with Gasteiger partial charge in [-0.15, -0.1) is 0 Å². The molecule has 0 spiro atoms. The lowest BCUT2D eigenvalue weighted by Crippen LogP contribution is -1.99. The summed E-state index contributed by atoms with van der Waals surface area (Å²) in [6.07, 6.45) is 1.50. The van der Waals surface area contributed by atoms with Crippen molar-refractivity contribution in [1.29, 1.82) is 0 Å². The average molecular weight is 303 g/mol. The predicted octanol–water partition coefficient (Wildman–Crippen LogP) is 4.62. The molecule has 0 bridgehead atoms. The quantitative estimate of drug-likeness (QED) is 0.760. The molecule has 2 aromatic rings. The van der Waals surface area contributed by atoms with Gasteiger partial charge in [-0.05, 0) is 18.1 Å². The minimum absolute atomic E-state index is 0.246. The second-order valence-electron chi connectivity index (χ2n) is 4.08. The van der Waals surface area contributed by atoms with Crippen LogP contribution < -0.4 is 0 Å². The fourth-order valence-corrected chi connectivity index (χ4v) is 2.07. The van der Waals surface area contributed by atoms with E-state index in [2.05, 4.69) is 15.0 Å². The summed E-state index contributed by atoms with van der Waals surface area (Å²) in [7, 11) is 0. The number of rotatable bonds is 2.